The van der Waals surface area contributed by atoms with Crippen LogP contribution in [-0.4, -0.2) is 26.4 Å². The van der Waals surface area contributed by atoms with Crippen LogP contribution in [-0.2, 0) is 0 Å². The van der Waals surface area contributed by atoms with Gasteiger partial charge in [-0.15, -0.1) is 0 Å². The van der Waals surface area contributed by atoms with Crippen LogP contribution in [0.3, 0.4) is 0 Å². The van der Waals surface area contributed by atoms with Crippen LogP contribution >= 0.6 is 34.4 Å². The van der Waals surface area contributed by atoms with Gasteiger partial charge in [-0.05, 0) is 41.5 Å². The van der Waals surface area contributed by atoms with E-state index in [1.807, 2.05) is 27.7 Å². The van der Waals surface area contributed by atoms with E-state index < -0.39 is 0 Å². The molecule has 0 radical (unpaired) electrons. The van der Waals surface area contributed by atoms with Crippen molar-refractivity contribution >= 4 is 34.4 Å². The lowest BCUT2D eigenvalue weighted by atomic mass is 10.3. The quantitative estimate of drug-likeness (QED) is 0.475. The molecule has 0 saturated heterocycles. The number of hydrogen-bond donors (Lipinski definition) is 0. The van der Waals surface area contributed by atoms with E-state index in [4.69, 9.17) is 18.9 Å². The molecule has 2 aromatic rings. The minimum Gasteiger partial charge on any atom is -0.484 e. The third kappa shape index (κ3) is 4.57. The first-order valence-corrected chi connectivity index (χ1v) is 11.0. The molecular formula is C18H26O4S3. The standard InChI is InChI=1S/C18H26O4S3/c1-7-19-15-11(5)13(17(24-15)21-9-3)23-14-12(6)16(20-8-2)25-18(14)22-10-4/h7-10H2,1-6H3. The predicted molar refractivity (Wildman–Crippen MR) is 107 cm³/mol. The molecule has 0 aliphatic heterocycles. The van der Waals surface area contributed by atoms with Gasteiger partial charge in [-0.25, -0.2) is 0 Å². The largest absolute Gasteiger partial charge is 0.484 e. The molecule has 7 heteroatoms. The van der Waals surface area contributed by atoms with Crippen LogP contribution < -0.4 is 18.9 Å². The number of ether oxygens (including phenoxy) is 4. The first-order valence-electron chi connectivity index (χ1n) is 8.52. The van der Waals surface area contributed by atoms with Crippen LogP contribution in [0.4, 0.5) is 0 Å². The topological polar surface area (TPSA) is 36.9 Å². The molecule has 25 heavy (non-hydrogen) atoms. The Hall–Kier alpha value is -1.05. The van der Waals surface area contributed by atoms with E-state index in [0.717, 1.165) is 41.2 Å². The summed E-state index contributed by atoms with van der Waals surface area (Å²) >= 11 is 4.80. The number of thiophene rings is 2. The summed E-state index contributed by atoms with van der Waals surface area (Å²) in [4.78, 5) is 2.19. The van der Waals surface area contributed by atoms with Crippen LogP contribution in [0.1, 0.15) is 38.8 Å². The highest BCUT2D eigenvalue weighted by atomic mass is 32.2. The van der Waals surface area contributed by atoms with Crippen molar-refractivity contribution in [2.75, 3.05) is 26.4 Å². The van der Waals surface area contributed by atoms with Gasteiger partial charge in [-0.3, -0.25) is 0 Å². The predicted octanol–water partition coefficient (Wildman–Crippen LogP) is 6.17. The average molecular weight is 403 g/mol. The van der Waals surface area contributed by atoms with Crippen LogP contribution in [0.5, 0.6) is 20.3 Å². The Kier molecular flexibility index (Phi) is 7.78. The van der Waals surface area contributed by atoms with Crippen LogP contribution in [0.25, 0.3) is 0 Å². The highest BCUT2D eigenvalue weighted by Gasteiger charge is 2.24. The van der Waals surface area contributed by atoms with Crippen molar-refractivity contribution in [2.45, 2.75) is 51.3 Å². The first-order chi connectivity index (χ1) is 12.1. The van der Waals surface area contributed by atoms with Crippen molar-refractivity contribution in [3.8, 4) is 20.3 Å². The van der Waals surface area contributed by atoms with Gasteiger partial charge in [0.15, 0.2) is 20.3 Å². The summed E-state index contributed by atoms with van der Waals surface area (Å²) in [5, 5.41) is 3.65. The Morgan fingerprint density at radius 2 is 0.920 bits per heavy atom. The Morgan fingerprint density at radius 3 is 1.24 bits per heavy atom. The zero-order chi connectivity index (χ0) is 18.4. The molecule has 0 aliphatic rings. The van der Waals surface area contributed by atoms with E-state index in [2.05, 4.69) is 13.8 Å². The summed E-state index contributed by atoms with van der Waals surface area (Å²) in [6, 6.07) is 0. The molecule has 0 saturated carbocycles. The highest BCUT2D eigenvalue weighted by molar-refractivity contribution is 8.00. The van der Waals surface area contributed by atoms with E-state index in [1.165, 1.54) is 0 Å². The second-order valence-electron chi connectivity index (χ2n) is 5.10. The fourth-order valence-corrected chi connectivity index (χ4v) is 5.89. The van der Waals surface area contributed by atoms with E-state index in [0.29, 0.717) is 26.4 Å². The van der Waals surface area contributed by atoms with Crippen molar-refractivity contribution in [2.24, 2.45) is 0 Å². The summed E-state index contributed by atoms with van der Waals surface area (Å²) in [6.45, 7) is 14.7. The SMILES string of the molecule is CCOc1sc(OCC)c(Sc2c(OCC)sc(OCC)c2C)c1C. The van der Waals surface area contributed by atoms with E-state index in [1.54, 1.807) is 34.4 Å². The van der Waals surface area contributed by atoms with Crippen molar-refractivity contribution in [1.29, 1.82) is 0 Å². The van der Waals surface area contributed by atoms with Crippen molar-refractivity contribution in [3.05, 3.63) is 11.1 Å². The van der Waals surface area contributed by atoms with Gasteiger partial charge in [-0.1, -0.05) is 34.4 Å². The number of rotatable bonds is 10. The molecule has 0 fully saturated rings. The van der Waals surface area contributed by atoms with Crippen LogP contribution in [0.2, 0.25) is 0 Å². The Morgan fingerprint density at radius 1 is 0.600 bits per heavy atom. The molecule has 4 nitrogen and oxygen atoms in total. The van der Waals surface area contributed by atoms with Gasteiger partial charge < -0.3 is 18.9 Å². The Bertz CT molecular complexity index is 633. The van der Waals surface area contributed by atoms with E-state index >= 15 is 0 Å². The summed E-state index contributed by atoms with van der Waals surface area (Å²) in [7, 11) is 0. The zero-order valence-corrected chi connectivity index (χ0v) is 18.1. The molecule has 0 aromatic carbocycles. The molecule has 0 unspecified atom stereocenters. The van der Waals surface area contributed by atoms with Crippen molar-refractivity contribution < 1.29 is 18.9 Å². The third-order valence-electron chi connectivity index (χ3n) is 3.34. The molecule has 2 rings (SSSR count). The first kappa shape index (κ1) is 20.3. The second kappa shape index (κ2) is 9.59. The van der Waals surface area contributed by atoms with Gasteiger partial charge in [0.25, 0.3) is 0 Å². The highest BCUT2D eigenvalue weighted by Crippen LogP contribution is 2.54. The van der Waals surface area contributed by atoms with Gasteiger partial charge >= 0.3 is 0 Å². The minimum absolute atomic E-state index is 0.629. The van der Waals surface area contributed by atoms with E-state index in [-0.39, 0.29) is 0 Å². The van der Waals surface area contributed by atoms with Crippen LogP contribution in [0, 0.1) is 13.8 Å². The van der Waals surface area contributed by atoms with Gasteiger partial charge in [0.2, 0.25) is 0 Å². The lowest BCUT2D eigenvalue weighted by Gasteiger charge is -2.08. The van der Waals surface area contributed by atoms with Crippen molar-refractivity contribution in [3.63, 3.8) is 0 Å². The molecule has 2 aromatic heterocycles. The third-order valence-corrected chi connectivity index (χ3v) is 7.22. The number of hydrogen-bond acceptors (Lipinski definition) is 7. The summed E-state index contributed by atoms with van der Waals surface area (Å²) in [6.07, 6.45) is 0. The maximum absolute atomic E-state index is 5.86. The molecule has 0 atom stereocenters. The Balaban J connectivity index is 2.44. The second-order valence-corrected chi connectivity index (χ2v) is 8.01. The maximum atomic E-state index is 5.86. The average Bonchev–Trinajstić information content (AvgIpc) is 3.03. The molecule has 0 bridgehead atoms. The van der Waals surface area contributed by atoms with Gasteiger partial charge in [0.1, 0.15) is 0 Å². The molecular weight excluding hydrogens is 376 g/mol. The molecule has 0 amide bonds. The molecule has 0 N–H and O–H groups in total. The summed E-state index contributed by atoms with van der Waals surface area (Å²) < 4.78 is 23.3. The summed E-state index contributed by atoms with van der Waals surface area (Å²) in [5.41, 5.74) is 2.23. The van der Waals surface area contributed by atoms with Gasteiger partial charge in [0.05, 0.1) is 36.2 Å². The van der Waals surface area contributed by atoms with Gasteiger partial charge in [0, 0.05) is 11.1 Å². The normalized spacial score (nSPS) is 10.8. The fourth-order valence-electron chi connectivity index (χ4n) is 2.23. The van der Waals surface area contributed by atoms with Crippen molar-refractivity contribution in [1.82, 2.24) is 0 Å². The Labute approximate surface area is 162 Å². The monoisotopic (exact) mass is 402 g/mol. The van der Waals surface area contributed by atoms with E-state index in [9.17, 15) is 0 Å². The molecule has 0 spiro atoms. The maximum Gasteiger partial charge on any atom is 0.191 e. The lowest BCUT2D eigenvalue weighted by Crippen LogP contribution is -1.93. The summed E-state index contributed by atoms with van der Waals surface area (Å²) in [5.74, 6) is 0. The lowest BCUT2D eigenvalue weighted by molar-refractivity contribution is 0.341. The molecule has 2 heterocycles. The zero-order valence-electron chi connectivity index (χ0n) is 15.7. The molecule has 0 aliphatic carbocycles. The fraction of sp³-hybridized carbons (Fsp3) is 0.556. The minimum atomic E-state index is 0.629. The van der Waals surface area contributed by atoms with Gasteiger partial charge in [-0.2, -0.15) is 0 Å². The smallest absolute Gasteiger partial charge is 0.191 e. The molecule has 140 valence electrons. The van der Waals surface area contributed by atoms with Crippen LogP contribution in [0.15, 0.2) is 9.79 Å².